The summed E-state index contributed by atoms with van der Waals surface area (Å²) < 4.78 is 86.4. The maximum absolute atomic E-state index is 14.8. The Morgan fingerprint density at radius 2 is 1.63 bits per heavy atom. The van der Waals surface area contributed by atoms with Crippen molar-refractivity contribution >= 4 is 17.5 Å². The Kier molecular flexibility index (Phi) is 7.30. The van der Waals surface area contributed by atoms with Crippen LogP contribution < -0.4 is 26.5 Å². The molecule has 2 aliphatic rings. The van der Waals surface area contributed by atoms with Crippen LogP contribution in [0, 0.1) is 6.92 Å². The van der Waals surface area contributed by atoms with Crippen LogP contribution >= 0.6 is 0 Å². The van der Waals surface area contributed by atoms with Gasteiger partial charge in [0, 0.05) is 12.8 Å². The maximum atomic E-state index is 14.8. The van der Waals surface area contributed by atoms with E-state index in [1.807, 2.05) is 0 Å². The number of halogens is 6. The fraction of sp³-hybridized carbons (Fsp3) is 0.333. The molecule has 0 unspecified atom stereocenters. The van der Waals surface area contributed by atoms with Gasteiger partial charge in [0.1, 0.15) is 11.4 Å². The Bertz CT molecular complexity index is 1230. The number of hydrogen-bond donors (Lipinski definition) is 4. The first-order valence-corrected chi connectivity index (χ1v) is 11.4. The van der Waals surface area contributed by atoms with Crippen molar-refractivity contribution in [3.8, 4) is 5.75 Å². The molecule has 1 saturated heterocycles. The fourth-order valence-electron chi connectivity index (χ4n) is 4.22. The summed E-state index contributed by atoms with van der Waals surface area (Å²) >= 11 is 0. The maximum Gasteiger partial charge on any atom is 0.416 e. The number of carbonyl (C=O) groups excluding carboxylic acids is 2. The third kappa shape index (κ3) is 5.55. The van der Waals surface area contributed by atoms with E-state index < -0.39 is 42.7 Å². The summed E-state index contributed by atoms with van der Waals surface area (Å²) in [4.78, 5) is 25.5. The van der Waals surface area contributed by atoms with Gasteiger partial charge in [-0.25, -0.2) is 9.80 Å². The Balaban J connectivity index is 1.71. The van der Waals surface area contributed by atoms with Crippen molar-refractivity contribution in [2.24, 2.45) is 0 Å². The standard InChI is InChI=1S/C24H23F6N5O3/c1-14-3-5-15(6-4-14)18-13-22(24(28,29)30,31-20(36)19(18)35-21(37)32-33-34-35)16-7-9-17(10-8-16)38-12-2-11-23(25,26)27/h3-10,33-34H,2,11-13H2,1H3,(H,31,36)(H,32,37)/t22-/m0/s1. The molecule has 2 aromatic carbocycles. The molecule has 2 heterocycles. The first-order valence-electron chi connectivity index (χ1n) is 11.4. The van der Waals surface area contributed by atoms with Crippen LogP contribution in [0.5, 0.6) is 5.75 Å². The zero-order valence-corrected chi connectivity index (χ0v) is 19.9. The summed E-state index contributed by atoms with van der Waals surface area (Å²) in [6.07, 6.45) is -11.4. The number of ether oxygens (including phenoxy) is 1. The van der Waals surface area contributed by atoms with E-state index in [1.165, 1.54) is 12.1 Å². The number of carbonyl (C=O) groups is 2. The van der Waals surface area contributed by atoms with E-state index in [1.54, 1.807) is 31.2 Å². The number of rotatable bonds is 7. The number of benzene rings is 2. The molecule has 0 radical (unpaired) electrons. The number of nitrogens with one attached hydrogen (secondary N) is 4. The number of amides is 3. The number of urea groups is 1. The van der Waals surface area contributed by atoms with E-state index in [4.69, 9.17) is 4.74 Å². The first kappa shape index (κ1) is 27.3. The molecule has 1 fully saturated rings. The second-order valence-electron chi connectivity index (χ2n) is 8.82. The van der Waals surface area contributed by atoms with Gasteiger partial charge in [0.25, 0.3) is 5.91 Å². The number of aryl methyl sites for hydroxylation is 1. The fourth-order valence-corrected chi connectivity index (χ4v) is 4.22. The van der Waals surface area contributed by atoms with Crippen molar-refractivity contribution in [3.05, 3.63) is 70.9 Å². The van der Waals surface area contributed by atoms with Crippen molar-refractivity contribution in [2.75, 3.05) is 6.61 Å². The molecule has 2 aromatic rings. The van der Waals surface area contributed by atoms with E-state index in [0.717, 1.165) is 22.7 Å². The van der Waals surface area contributed by atoms with E-state index in [0.29, 0.717) is 5.56 Å². The van der Waals surface area contributed by atoms with Crippen LogP contribution in [0.4, 0.5) is 31.1 Å². The van der Waals surface area contributed by atoms with E-state index >= 15 is 0 Å². The number of alkyl halides is 6. The Labute approximate surface area is 212 Å². The van der Waals surface area contributed by atoms with Gasteiger partial charge in [0.2, 0.25) is 0 Å². The SMILES string of the molecule is Cc1ccc(C2=C(N3NNNC3=O)C(=O)N[C@@](c3ccc(OCCCC(F)(F)F)cc3)(C(F)(F)F)C2)cc1. The van der Waals surface area contributed by atoms with Gasteiger partial charge in [0.05, 0.1) is 6.61 Å². The van der Waals surface area contributed by atoms with Crippen LogP contribution in [0.15, 0.2) is 54.2 Å². The van der Waals surface area contributed by atoms with Gasteiger partial charge in [-0.2, -0.15) is 26.3 Å². The van der Waals surface area contributed by atoms with Crippen molar-refractivity contribution in [2.45, 2.75) is 44.1 Å². The minimum atomic E-state index is -4.97. The topological polar surface area (TPSA) is 94.7 Å². The molecule has 1 atom stereocenters. The largest absolute Gasteiger partial charge is 0.494 e. The van der Waals surface area contributed by atoms with Gasteiger partial charge in [-0.1, -0.05) is 42.0 Å². The highest BCUT2D eigenvalue weighted by molar-refractivity contribution is 6.06. The zero-order valence-electron chi connectivity index (χ0n) is 19.9. The minimum Gasteiger partial charge on any atom is -0.494 e. The highest BCUT2D eigenvalue weighted by Crippen LogP contribution is 2.49. The van der Waals surface area contributed by atoms with Crippen LogP contribution in [0.3, 0.4) is 0 Å². The predicted octanol–water partition coefficient (Wildman–Crippen LogP) is 4.35. The van der Waals surface area contributed by atoms with Crippen LogP contribution in [0.2, 0.25) is 0 Å². The normalized spacial score (nSPS) is 20.4. The van der Waals surface area contributed by atoms with Gasteiger partial charge >= 0.3 is 18.4 Å². The molecule has 0 saturated carbocycles. The first-order chi connectivity index (χ1) is 17.8. The summed E-state index contributed by atoms with van der Waals surface area (Å²) in [5, 5.41) is 2.84. The van der Waals surface area contributed by atoms with Crippen LogP contribution in [0.1, 0.15) is 36.0 Å². The second-order valence-corrected chi connectivity index (χ2v) is 8.82. The van der Waals surface area contributed by atoms with Gasteiger partial charge in [0.15, 0.2) is 5.54 Å². The molecule has 14 heteroatoms. The lowest BCUT2D eigenvalue weighted by Crippen LogP contribution is -2.60. The quantitative estimate of drug-likeness (QED) is 0.308. The van der Waals surface area contributed by atoms with E-state index in [-0.39, 0.29) is 35.6 Å². The van der Waals surface area contributed by atoms with Gasteiger partial charge in [-0.05, 0) is 42.2 Å². The molecule has 2 aliphatic heterocycles. The summed E-state index contributed by atoms with van der Waals surface area (Å²) in [5.74, 6) is -1.07. The molecule has 0 aromatic heterocycles. The number of hydrogen-bond acceptors (Lipinski definition) is 5. The summed E-state index contributed by atoms with van der Waals surface area (Å²) in [6, 6.07) is 10.3. The highest BCUT2D eigenvalue weighted by Gasteiger charge is 2.60. The molecule has 0 aliphatic carbocycles. The number of hydrazine groups is 3. The lowest BCUT2D eigenvalue weighted by molar-refractivity contribution is -0.202. The van der Waals surface area contributed by atoms with E-state index in [2.05, 4.69) is 21.8 Å². The average Bonchev–Trinajstić information content (AvgIpc) is 3.26. The monoisotopic (exact) mass is 543 g/mol. The predicted molar refractivity (Wildman–Crippen MR) is 122 cm³/mol. The van der Waals surface area contributed by atoms with Crippen LogP contribution in [-0.2, 0) is 10.3 Å². The lowest BCUT2D eigenvalue weighted by Gasteiger charge is -2.42. The molecular formula is C24H23F6N5O3. The zero-order chi connectivity index (χ0) is 27.7. The molecule has 4 N–H and O–H groups in total. The Hall–Kier alpha value is -3.78. The Morgan fingerprint density at radius 3 is 2.18 bits per heavy atom. The minimum absolute atomic E-state index is 0.0371. The lowest BCUT2D eigenvalue weighted by atomic mass is 9.77. The molecule has 4 rings (SSSR count). The molecule has 0 bridgehead atoms. The third-order valence-corrected chi connectivity index (χ3v) is 6.14. The van der Waals surface area contributed by atoms with Crippen molar-refractivity contribution in [1.29, 1.82) is 0 Å². The van der Waals surface area contributed by atoms with Crippen molar-refractivity contribution < 1.29 is 40.7 Å². The van der Waals surface area contributed by atoms with Gasteiger partial charge < -0.3 is 10.1 Å². The Morgan fingerprint density at radius 1 is 0.974 bits per heavy atom. The summed E-state index contributed by atoms with van der Waals surface area (Å²) in [6.45, 7) is 1.52. The van der Waals surface area contributed by atoms with Gasteiger partial charge in [-0.15, -0.1) is 11.1 Å². The van der Waals surface area contributed by atoms with Gasteiger partial charge in [-0.3, -0.25) is 10.2 Å². The molecule has 0 spiro atoms. The number of nitrogens with zero attached hydrogens (tertiary/aromatic N) is 1. The van der Waals surface area contributed by atoms with Crippen LogP contribution in [0.25, 0.3) is 5.57 Å². The van der Waals surface area contributed by atoms with Crippen molar-refractivity contribution in [3.63, 3.8) is 0 Å². The van der Waals surface area contributed by atoms with Crippen LogP contribution in [-0.4, -0.2) is 35.9 Å². The third-order valence-electron chi connectivity index (χ3n) is 6.14. The van der Waals surface area contributed by atoms with Crippen molar-refractivity contribution in [1.82, 2.24) is 26.8 Å². The average molecular weight is 543 g/mol. The second kappa shape index (κ2) is 10.2. The molecular weight excluding hydrogens is 520 g/mol. The van der Waals surface area contributed by atoms with E-state index in [9.17, 15) is 35.9 Å². The molecule has 204 valence electrons. The summed E-state index contributed by atoms with van der Waals surface area (Å²) in [5.41, 5.74) is 4.50. The molecule has 38 heavy (non-hydrogen) atoms. The molecule has 3 amide bonds. The smallest absolute Gasteiger partial charge is 0.416 e. The highest BCUT2D eigenvalue weighted by atomic mass is 19.4. The summed E-state index contributed by atoms with van der Waals surface area (Å²) in [7, 11) is 0. The molecule has 8 nitrogen and oxygen atoms in total.